The summed E-state index contributed by atoms with van der Waals surface area (Å²) in [6.45, 7) is 0. The molecule has 0 spiro atoms. The molecule has 0 saturated heterocycles. The van der Waals surface area contributed by atoms with E-state index in [-0.39, 0.29) is 45.3 Å². The summed E-state index contributed by atoms with van der Waals surface area (Å²) in [5.41, 5.74) is -0.00909. The summed E-state index contributed by atoms with van der Waals surface area (Å²) in [5.74, 6) is -0.363. The molecule has 0 saturated carbocycles. The Morgan fingerprint density at radius 3 is 1.73 bits per heavy atom. The molecule has 0 aliphatic rings. The van der Waals surface area contributed by atoms with Gasteiger partial charge in [0.2, 0.25) is 0 Å². The molecule has 0 aliphatic heterocycles. The monoisotopic (exact) mass is 667 g/mol. The number of hydrogen-bond acceptors (Lipinski definition) is 4. The number of hydrogen-bond donors (Lipinski definition) is 0. The second-order valence-electron chi connectivity index (χ2n) is 11.6. The number of nitrogens with zero attached hydrogens (tertiary/aromatic N) is 3. The number of aromatic nitrogens is 3. The van der Waals surface area contributed by atoms with Crippen molar-refractivity contribution >= 4 is 43.5 Å². The molecular formula is C47H29N3O. The molecule has 8 aromatic carbocycles. The Labute approximate surface area is 316 Å². The van der Waals surface area contributed by atoms with Gasteiger partial charge in [-0.25, -0.2) is 15.0 Å². The van der Waals surface area contributed by atoms with Gasteiger partial charge in [0.25, 0.3) is 0 Å². The fourth-order valence-electron chi connectivity index (χ4n) is 6.12. The van der Waals surface area contributed by atoms with Gasteiger partial charge in [0, 0.05) is 27.5 Å². The van der Waals surface area contributed by atoms with E-state index in [1.165, 1.54) is 0 Å². The van der Waals surface area contributed by atoms with Gasteiger partial charge >= 0.3 is 0 Å². The molecule has 4 heteroatoms. The van der Waals surface area contributed by atoms with Crippen LogP contribution in [0, 0.1) is 0 Å². The molecular weight excluding hydrogens is 623 g/mol. The zero-order valence-electron chi connectivity index (χ0n) is 42.3. The minimum atomic E-state index is -0.749. The maximum absolute atomic E-state index is 9.48. The average molecular weight is 668 g/mol. The highest BCUT2D eigenvalue weighted by Gasteiger charge is 2.19. The highest BCUT2D eigenvalue weighted by molar-refractivity contribution is 6.16. The number of fused-ring (bicyclic) bond motifs is 5. The summed E-state index contributed by atoms with van der Waals surface area (Å²) in [6, 6.07) is 12.7. The number of rotatable bonds is 5. The smallest absolute Gasteiger partial charge is 0.164 e. The fraction of sp³-hybridized carbons (Fsp3) is 0. The van der Waals surface area contributed by atoms with Gasteiger partial charge < -0.3 is 4.42 Å². The molecule has 0 bridgehead atoms. The average Bonchev–Trinajstić information content (AvgIpc) is 3.69. The molecule has 2 aromatic heterocycles. The Balaban J connectivity index is 1.28. The van der Waals surface area contributed by atoms with Gasteiger partial charge in [-0.3, -0.25) is 0 Å². The maximum Gasteiger partial charge on any atom is 0.164 e. The Morgan fingerprint density at radius 1 is 0.412 bits per heavy atom. The van der Waals surface area contributed by atoms with E-state index in [4.69, 9.17) is 30.8 Å². The van der Waals surface area contributed by atoms with Crippen molar-refractivity contribution in [1.29, 1.82) is 0 Å². The summed E-state index contributed by atoms with van der Waals surface area (Å²) in [4.78, 5) is 14.2. The Hall–Kier alpha value is -6.91. The van der Waals surface area contributed by atoms with Crippen LogP contribution < -0.4 is 0 Å². The van der Waals surface area contributed by atoms with Crippen LogP contribution in [-0.2, 0) is 0 Å². The molecule has 0 unspecified atom stereocenters. The first-order chi connectivity index (χ1) is 31.9. The van der Waals surface area contributed by atoms with E-state index in [0.29, 0.717) is 21.9 Å². The van der Waals surface area contributed by atoms with Gasteiger partial charge in [-0.05, 0) is 80.1 Å². The van der Waals surface area contributed by atoms with Crippen molar-refractivity contribution in [3.63, 3.8) is 0 Å². The van der Waals surface area contributed by atoms with Gasteiger partial charge in [-0.2, -0.15) is 0 Å². The standard InChI is InChI=1S/C47H29N3O/c1-4-12-30(13-5-1)35-20-21-37-25-38(23-22-36(37)24-35)46-48-45(32-16-8-3-9-17-32)49-47(50-46)39-27-40(31-14-6-2-7-15-31)44-41-26-33-18-10-11-19-34(33)28-42(41)51-43(44)29-39/h1-29H/i1D,2D,4D,5D,6D,7D,12D,13D,14D,15D,20D,21D,22D,23D,24D,25D. The van der Waals surface area contributed by atoms with Crippen molar-refractivity contribution in [2.45, 2.75) is 0 Å². The fourth-order valence-corrected chi connectivity index (χ4v) is 6.12. The largest absolute Gasteiger partial charge is 0.456 e. The van der Waals surface area contributed by atoms with Crippen LogP contribution in [0.1, 0.15) is 21.9 Å². The van der Waals surface area contributed by atoms with Crippen molar-refractivity contribution in [2.24, 2.45) is 0 Å². The number of benzene rings is 8. The molecule has 0 fully saturated rings. The first-order valence-electron chi connectivity index (χ1n) is 23.8. The third-order valence-electron chi connectivity index (χ3n) is 8.48. The zero-order chi connectivity index (χ0) is 47.7. The minimum absolute atomic E-state index is 0.0383. The van der Waals surface area contributed by atoms with E-state index in [1.54, 1.807) is 42.5 Å². The highest BCUT2D eigenvalue weighted by Crippen LogP contribution is 2.41. The topological polar surface area (TPSA) is 51.8 Å². The van der Waals surface area contributed by atoms with Gasteiger partial charge in [-0.1, -0.05) is 139 Å². The van der Waals surface area contributed by atoms with Gasteiger partial charge in [0.05, 0.1) is 21.9 Å². The lowest BCUT2D eigenvalue weighted by Gasteiger charge is -2.11. The molecule has 0 radical (unpaired) electrons. The summed E-state index contributed by atoms with van der Waals surface area (Å²) in [6.07, 6.45) is 0. The van der Waals surface area contributed by atoms with Crippen LogP contribution >= 0.6 is 0 Å². The van der Waals surface area contributed by atoms with Crippen LogP contribution in [0.4, 0.5) is 0 Å². The normalized spacial score (nSPS) is 15.9. The first-order valence-corrected chi connectivity index (χ1v) is 15.8. The predicted molar refractivity (Wildman–Crippen MR) is 209 cm³/mol. The van der Waals surface area contributed by atoms with Crippen molar-refractivity contribution in [3.8, 4) is 56.4 Å². The highest BCUT2D eigenvalue weighted by atomic mass is 16.3. The molecule has 51 heavy (non-hydrogen) atoms. The third-order valence-corrected chi connectivity index (χ3v) is 8.48. The second kappa shape index (κ2) is 11.9. The molecule has 238 valence electrons. The molecule has 10 aromatic rings. The van der Waals surface area contributed by atoms with Crippen molar-refractivity contribution < 1.29 is 26.3 Å². The SMILES string of the molecule is [2H]c1c([2H])c([2H])c(-c2c([2H])c([2H])c3c([2H])c(-c4nc(-c5ccccc5)nc(-c5cc(-c6c([2H])c([2H])c([2H])c([2H])c6[2H])c6c(c5)oc5cc7ccccc7cc56)n4)c([2H])c([2H])c3c2[2H])c([2H])c1[2H]. The summed E-state index contributed by atoms with van der Waals surface area (Å²) in [5, 5.41) is 1.92. The third kappa shape index (κ3) is 5.22. The lowest BCUT2D eigenvalue weighted by molar-refractivity contribution is 0.669. The van der Waals surface area contributed by atoms with Crippen LogP contribution in [0.25, 0.3) is 99.9 Å². The first kappa shape index (κ1) is 17.1. The zero-order valence-corrected chi connectivity index (χ0v) is 26.3. The van der Waals surface area contributed by atoms with Gasteiger partial charge in [0.1, 0.15) is 11.2 Å². The summed E-state index contributed by atoms with van der Waals surface area (Å²) in [7, 11) is 0. The molecule has 0 N–H and O–H groups in total. The Kier molecular flexibility index (Phi) is 4.00. The lowest BCUT2D eigenvalue weighted by Crippen LogP contribution is -2.00. The quantitative estimate of drug-likeness (QED) is 0.183. The van der Waals surface area contributed by atoms with E-state index in [9.17, 15) is 5.48 Å². The van der Waals surface area contributed by atoms with E-state index >= 15 is 0 Å². The summed E-state index contributed by atoms with van der Waals surface area (Å²) < 4.78 is 147. The Bertz CT molecular complexity index is 3780. The molecule has 4 nitrogen and oxygen atoms in total. The number of furan rings is 1. The van der Waals surface area contributed by atoms with Crippen molar-refractivity contribution in [1.82, 2.24) is 15.0 Å². The lowest BCUT2D eigenvalue weighted by atomic mass is 9.96. The van der Waals surface area contributed by atoms with Crippen LogP contribution in [0.2, 0.25) is 0 Å². The molecule has 2 heterocycles. The maximum atomic E-state index is 9.48. The van der Waals surface area contributed by atoms with Crippen molar-refractivity contribution in [3.05, 3.63) is 176 Å². The van der Waals surface area contributed by atoms with E-state index in [0.717, 1.165) is 10.8 Å². The van der Waals surface area contributed by atoms with Crippen LogP contribution in [0.15, 0.2) is 180 Å². The van der Waals surface area contributed by atoms with E-state index in [1.807, 2.05) is 36.4 Å². The predicted octanol–water partition coefficient (Wildman–Crippen LogP) is 12.4. The van der Waals surface area contributed by atoms with Crippen LogP contribution in [0.5, 0.6) is 0 Å². The van der Waals surface area contributed by atoms with Crippen LogP contribution in [-0.4, -0.2) is 15.0 Å². The van der Waals surface area contributed by atoms with Crippen LogP contribution in [0.3, 0.4) is 0 Å². The Morgan fingerprint density at radius 2 is 1.00 bits per heavy atom. The molecule has 0 aliphatic carbocycles. The molecule has 10 rings (SSSR count). The van der Waals surface area contributed by atoms with Crippen molar-refractivity contribution in [2.75, 3.05) is 0 Å². The molecule has 0 amide bonds. The minimum Gasteiger partial charge on any atom is -0.456 e. The van der Waals surface area contributed by atoms with E-state index in [2.05, 4.69) is 4.98 Å². The molecule has 0 atom stereocenters. The van der Waals surface area contributed by atoms with E-state index < -0.39 is 119 Å². The summed E-state index contributed by atoms with van der Waals surface area (Å²) >= 11 is 0. The van der Waals surface area contributed by atoms with Gasteiger partial charge in [0.15, 0.2) is 17.5 Å². The second-order valence-corrected chi connectivity index (χ2v) is 11.6. The van der Waals surface area contributed by atoms with Gasteiger partial charge in [-0.15, -0.1) is 0 Å².